The van der Waals surface area contributed by atoms with Gasteiger partial charge in [-0.15, -0.1) is 0 Å². The van der Waals surface area contributed by atoms with Crippen LogP contribution in [0.4, 0.5) is 15.8 Å². The summed E-state index contributed by atoms with van der Waals surface area (Å²) in [4.78, 5) is 27.8. The van der Waals surface area contributed by atoms with Gasteiger partial charge in [-0.3, -0.25) is 9.59 Å². The number of rotatable bonds is 5. The highest BCUT2D eigenvalue weighted by Crippen LogP contribution is 2.34. The zero-order chi connectivity index (χ0) is 22.1. The maximum Gasteiger partial charge on any atom is 0.282 e. The first-order valence-electron chi connectivity index (χ1n) is 9.76. The molecule has 156 valence electrons. The van der Waals surface area contributed by atoms with Crippen LogP contribution in [0.1, 0.15) is 16.7 Å². The van der Waals surface area contributed by atoms with Gasteiger partial charge >= 0.3 is 0 Å². The van der Waals surface area contributed by atoms with Gasteiger partial charge in [-0.05, 0) is 79.1 Å². The number of carbonyl (C=O) groups excluding carboxylic acids is 2. The second-order valence-electron chi connectivity index (χ2n) is 7.32. The van der Waals surface area contributed by atoms with Crippen LogP contribution < -0.4 is 15.0 Å². The summed E-state index contributed by atoms with van der Waals surface area (Å²) in [5, 5.41) is 3.10. The molecule has 1 N–H and O–H groups in total. The standard InChI is InChI=1S/C25H21FN2O3/c1-15-4-5-17(14-16(15)2)22-23(27-19-8-12-21(31-3)13-9-19)25(30)28(24(22)29)20-10-6-18(26)7-11-20/h4-14,27H,1-3H3. The third-order valence-corrected chi connectivity index (χ3v) is 5.32. The molecule has 31 heavy (non-hydrogen) atoms. The molecule has 0 unspecified atom stereocenters. The predicted molar refractivity (Wildman–Crippen MR) is 118 cm³/mol. The molecule has 0 aromatic heterocycles. The first-order valence-corrected chi connectivity index (χ1v) is 9.76. The van der Waals surface area contributed by atoms with Crippen LogP contribution in [0.2, 0.25) is 0 Å². The van der Waals surface area contributed by atoms with Gasteiger partial charge in [0.05, 0.1) is 18.4 Å². The average Bonchev–Trinajstić information content (AvgIpc) is 3.01. The van der Waals surface area contributed by atoms with E-state index in [0.717, 1.165) is 16.0 Å². The van der Waals surface area contributed by atoms with Crippen LogP contribution in [0.15, 0.2) is 72.4 Å². The number of ether oxygens (including phenoxy) is 1. The molecule has 5 nitrogen and oxygen atoms in total. The number of aryl methyl sites for hydroxylation is 2. The maximum absolute atomic E-state index is 13.4. The summed E-state index contributed by atoms with van der Waals surface area (Å²) in [6.45, 7) is 3.94. The van der Waals surface area contributed by atoms with E-state index in [4.69, 9.17) is 4.74 Å². The summed E-state index contributed by atoms with van der Waals surface area (Å²) >= 11 is 0. The molecule has 3 aromatic carbocycles. The van der Waals surface area contributed by atoms with Crippen molar-refractivity contribution < 1.29 is 18.7 Å². The second kappa shape index (κ2) is 8.07. The molecule has 0 fully saturated rings. The lowest BCUT2D eigenvalue weighted by molar-refractivity contribution is -0.120. The van der Waals surface area contributed by atoms with Crippen molar-refractivity contribution in [2.45, 2.75) is 13.8 Å². The number of methoxy groups -OCH3 is 1. The lowest BCUT2D eigenvalue weighted by Gasteiger charge is -2.15. The van der Waals surface area contributed by atoms with Gasteiger partial charge in [0, 0.05) is 5.69 Å². The zero-order valence-corrected chi connectivity index (χ0v) is 17.4. The van der Waals surface area contributed by atoms with Crippen molar-refractivity contribution in [3.8, 4) is 5.75 Å². The molecular weight excluding hydrogens is 395 g/mol. The van der Waals surface area contributed by atoms with E-state index in [2.05, 4.69) is 5.32 Å². The van der Waals surface area contributed by atoms with Crippen LogP contribution in [0.5, 0.6) is 5.75 Å². The number of imide groups is 1. The molecule has 0 saturated heterocycles. The van der Waals surface area contributed by atoms with E-state index < -0.39 is 17.6 Å². The first kappa shape index (κ1) is 20.3. The highest BCUT2D eigenvalue weighted by molar-refractivity contribution is 6.46. The number of hydrogen-bond donors (Lipinski definition) is 1. The van der Waals surface area contributed by atoms with Gasteiger partial charge in [-0.2, -0.15) is 0 Å². The molecule has 1 aliphatic heterocycles. The molecule has 0 aliphatic carbocycles. The van der Waals surface area contributed by atoms with Crippen LogP contribution in [0.25, 0.3) is 5.57 Å². The van der Waals surface area contributed by atoms with E-state index in [1.807, 2.05) is 32.0 Å². The van der Waals surface area contributed by atoms with Gasteiger partial charge in [0.2, 0.25) is 0 Å². The van der Waals surface area contributed by atoms with Crippen molar-refractivity contribution in [3.63, 3.8) is 0 Å². The number of anilines is 2. The van der Waals surface area contributed by atoms with E-state index in [1.165, 1.54) is 24.3 Å². The van der Waals surface area contributed by atoms with Crippen LogP contribution in [-0.4, -0.2) is 18.9 Å². The minimum Gasteiger partial charge on any atom is -0.497 e. The topological polar surface area (TPSA) is 58.6 Å². The Labute approximate surface area is 179 Å². The van der Waals surface area contributed by atoms with Crippen LogP contribution in [0.3, 0.4) is 0 Å². The lowest BCUT2D eigenvalue weighted by Crippen LogP contribution is -2.32. The number of hydrogen-bond acceptors (Lipinski definition) is 4. The number of halogens is 1. The largest absolute Gasteiger partial charge is 0.497 e. The Morgan fingerprint density at radius 3 is 2.13 bits per heavy atom. The molecule has 4 rings (SSSR count). The fraction of sp³-hybridized carbons (Fsp3) is 0.120. The Balaban J connectivity index is 1.81. The Bertz CT molecular complexity index is 1200. The van der Waals surface area contributed by atoms with E-state index in [-0.39, 0.29) is 11.3 Å². The molecule has 0 radical (unpaired) electrons. The van der Waals surface area contributed by atoms with E-state index in [0.29, 0.717) is 22.7 Å². The fourth-order valence-electron chi connectivity index (χ4n) is 3.45. The van der Waals surface area contributed by atoms with Gasteiger partial charge in [-0.1, -0.05) is 18.2 Å². The Morgan fingerprint density at radius 1 is 0.839 bits per heavy atom. The first-order chi connectivity index (χ1) is 14.9. The normalized spacial score (nSPS) is 13.7. The summed E-state index contributed by atoms with van der Waals surface area (Å²) in [7, 11) is 1.57. The molecule has 0 atom stereocenters. The molecule has 1 heterocycles. The number of carbonyl (C=O) groups is 2. The second-order valence-corrected chi connectivity index (χ2v) is 7.32. The highest BCUT2D eigenvalue weighted by atomic mass is 19.1. The van der Waals surface area contributed by atoms with Crippen molar-refractivity contribution in [3.05, 3.63) is 94.9 Å². The Hall–Kier alpha value is -3.93. The van der Waals surface area contributed by atoms with Gasteiger partial charge < -0.3 is 10.1 Å². The Kier molecular flexibility index (Phi) is 5.29. The average molecular weight is 416 g/mol. The minimum atomic E-state index is -0.499. The van der Waals surface area contributed by atoms with Gasteiger partial charge in [0.15, 0.2) is 0 Å². The third-order valence-electron chi connectivity index (χ3n) is 5.32. The van der Waals surface area contributed by atoms with Crippen LogP contribution in [0, 0.1) is 19.7 Å². The zero-order valence-electron chi connectivity index (χ0n) is 17.4. The SMILES string of the molecule is COc1ccc(NC2=C(c3ccc(C)c(C)c3)C(=O)N(c3ccc(F)cc3)C2=O)cc1. The molecule has 0 spiro atoms. The summed E-state index contributed by atoms with van der Waals surface area (Å²) in [5.74, 6) is -0.728. The minimum absolute atomic E-state index is 0.169. The lowest BCUT2D eigenvalue weighted by atomic mass is 9.99. The van der Waals surface area contributed by atoms with Crippen LogP contribution >= 0.6 is 0 Å². The summed E-state index contributed by atoms with van der Waals surface area (Å²) in [6.07, 6.45) is 0. The van der Waals surface area contributed by atoms with Gasteiger partial charge in [0.1, 0.15) is 17.3 Å². The van der Waals surface area contributed by atoms with Crippen molar-refractivity contribution in [2.75, 3.05) is 17.3 Å². The highest BCUT2D eigenvalue weighted by Gasteiger charge is 2.40. The van der Waals surface area contributed by atoms with Crippen molar-refractivity contribution >= 4 is 28.8 Å². The Morgan fingerprint density at radius 2 is 1.52 bits per heavy atom. The molecule has 2 amide bonds. The van der Waals surface area contributed by atoms with Gasteiger partial charge in [-0.25, -0.2) is 9.29 Å². The number of amides is 2. The van der Waals surface area contributed by atoms with Crippen molar-refractivity contribution in [1.29, 1.82) is 0 Å². The number of benzene rings is 3. The van der Waals surface area contributed by atoms with Crippen molar-refractivity contribution in [1.82, 2.24) is 0 Å². The number of nitrogens with zero attached hydrogens (tertiary/aromatic N) is 1. The van der Waals surface area contributed by atoms with E-state index in [9.17, 15) is 14.0 Å². The predicted octanol–water partition coefficient (Wildman–Crippen LogP) is 4.85. The summed E-state index contributed by atoms with van der Waals surface area (Å²) < 4.78 is 18.6. The molecule has 1 aliphatic rings. The van der Waals surface area contributed by atoms with Crippen molar-refractivity contribution in [2.24, 2.45) is 0 Å². The third kappa shape index (κ3) is 3.80. The molecule has 3 aromatic rings. The molecule has 0 saturated carbocycles. The molecule has 6 heteroatoms. The van der Waals surface area contributed by atoms with Gasteiger partial charge in [0.25, 0.3) is 11.8 Å². The monoisotopic (exact) mass is 416 g/mol. The van der Waals surface area contributed by atoms with Crippen LogP contribution in [-0.2, 0) is 9.59 Å². The fourth-order valence-corrected chi connectivity index (χ4v) is 3.45. The maximum atomic E-state index is 13.4. The van der Waals surface area contributed by atoms with E-state index >= 15 is 0 Å². The number of nitrogens with one attached hydrogen (secondary N) is 1. The smallest absolute Gasteiger partial charge is 0.282 e. The molecule has 0 bridgehead atoms. The molecular formula is C25H21FN2O3. The van der Waals surface area contributed by atoms with E-state index in [1.54, 1.807) is 31.4 Å². The quantitative estimate of drug-likeness (QED) is 0.604. The summed E-state index contributed by atoms with van der Waals surface area (Å²) in [5.41, 5.74) is 4.12. The summed E-state index contributed by atoms with van der Waals surface area (Å²) in [6, 6.07) is 18.0.